The number of methoxy groups -OCH3 is 1. The van der Waals surface area contributed by atoms with Crippen molar-refractivity contribution in [1.29, 1.82) is 0 Å². The Labute approximate surface area is 168 Å². The minimum atomic E-state index is -3.68. The summed E-state index contributed by atoms with van der Waals surface area (Å²) in [4.78, 5) is 2.14. The van der Waals surface area contributed by atoms with Gasteiger partial charge in [-0.1, -0.05) is 19.8 Å². The molecule has 2 atom stereocenters. The summed E-state index contributed by atoms with van der Waals surface area (Å²) in [6, 6.07) is 5.60. The highest BCUT2D eigenvalue weighted by atomic mass is 79.9. The van der Waals surface area contributed by atoms with Gasteiger partial charge in [-0.3, -0.25) is 0 Å². The quantitative estimate of drug-likeness (QED) is 0.658. The van der Waals surface area contributed by atoms with Gasteiger partial charge in [-0.2, -0.15) is 4.31 Å². The molecule has 2 aliphatic rings. The highest BCUT2D eigenvalue weighted by Crippen LogP contribution is 2.43. The molecule has 3 rings (SSSR count). The Balaban J connectivity index is 2.11. The van der Waals surface area contributed by atoms with Crippen molar-refractivity contribution in [3.8, 4) is 0 Å². The van der Waals surface area contributed by atoms with E-state index < -0.39 is 16.1 Å². The molecule has 2 heterocycles. The molecular weight excluding hydrogens is 435 g/mol. The van der Waals surface area contributed by atoms with Gasteiger partial charge < -0.3 is 9.64 Å². The monoisotopic (exact) mass is 458 g/mol. The third-order valence-electron chi connectivity index (χ3n) is 5.22. The first-order chi connectivity index (χ1) is 12.8. The Morgan fingerprint density at radius 3 is 2.56 bits per heavy atom. The van der Waals surface area contributed by atoms with Crippen LogP contribution in [0.15, 0.2) is 45.6 Å². The number of nitrogens with zero attached hydrogens (tertiary/aromatic N) is 2. The van der Waals surface area contributed by atoms with E-state index >= 15 is 0 Å². The van der Waals surface area contributed by atoms with E-state index in [1.807, 2.05) is 11.1 Å². The second-order valence-electron chi connectivity index (χ2n) is 6.83. The van der Waals surface area contributed by atoms with Crippen LogP contribution in [0.3, 0.4) is 0 Å². The molecule has 0 aromatic heterocycles. The van der Waals surface area contributed by atoms with Crippen molar-refractivity contribution in [2.75, 3.05) is 19.1 Å². The lowest BCUT2D eigenvalue weighted by Crippen LogP contribution is -2.53. The van der Waals surface area contributed by atoms with Gasteiger partial charge in [-0.25, -0.2) is 12.8 Å². The van der Waals surface area contributed by atoms with Crippen molar-refractivity contribution in [1.82, 2.24) is 4.31 Å². The van der Waals surface area contributed by atoms with E-state index in [0.29, 0.717) is 16.7 Å². The summed E-state index contributed by atoms with van der Waals surface area (Å²) in [6.45, 7) is 2.09. The Morgan fingerprint density at radius 2 is 1.96 bits per heavy atom. The fraction of sp³-hybridized carbons (Fsp3) is 0.474. The Hall–Kier alpha value is -1.38. The van der Waals surface area contributed by atoms with Gasteiger partial charge in [0.15, 0.2) is 5.76 Å². The van der Waals surface area contributed by atoms with Gasteiger partial charge in [0, 0.05) is 25.0 Å². The number of sulfonamides is 1. The molecule has 148 valence electrons. The van der Waals surface area contributed by atoms with Gasteiger partial charge in [-0.15, -0.1) is 0 Å². The van der Waals surface area contributed by atoms with Gasteiger partial charge in [0.2, 0.25) is 10.0 Å². The van der Waals surface area contributed by atoms with E-state index in [1.165, 1.54) is 23.5 Å². The summed E-state index contributed by atoms with van der Waals surface area (Å²) in [5.41, 5.74) is 0.736. The van der Waals surface area contributed by atoms with Gasteiger partial charge in [-0.05, 0) is 53.0 Å². The maximum Gasteiger partial charge on any atom is 0.245 e. The van der Waals surface area contributed by atoms with Crippen molar-refractivity contribution < 1.29 is 17.5 Å². The topological polar surface area (TPSA) is 49.9 Å². The molecule has 0 aliphatic carbocycles. The molecule has 5 nitrogen and oxygen atoms in total. The highest BCUT2D eigenvalue weighted by Gasteiger charge is 2.47. The smallest absolute Gasteiger partial charge is 0.245 e. The van der Waals surface area contributed by atoms with Gasteiger partial charge >= 0.3 is 0 Å². The normalized spacial score (nSPS) is 25.2. The Bertz CT molecular complexity index is 867. The maximum atomic E-state index is 13.4. The SMILES string of the molecule is CCCCC1CC2C(=C(OC)C(Br)=CN2c2ccc(F)cc2)S(=O)(=O)N1C. The zero-order chi connectivity index (χ0) is 19.8. The van der Waals surface area contributed by atoms with E-state index in [4.69, 9.17) is 4.74 Å². The number of hydrogen-bond donors (Lipinski definition) is 0. The number of ether oxygens (including phenoxy) is 1. The average Bonchev–Trinajstić information content (AvgIpc) is 2.64. The van der Waals surface area contributed by atoms with E-state index in [9.17, 15) is 12.8 Å². The molecule has 1 saturated heterocycles. The minimum Gasteiger partial charge on any atom is -0.494 e. The van der Waals surface area contributed by atoms with Crippen molar-refractivity contribution in [3.63, 3.8) is 0 Å². The van der Waals surface area contributed by atoms with Gasteiger partial charge in [0.1, 0.15) is 10.7 Å². The lowest BCUT2D eigenvalue weighted by atomic mass is 9.97. The largest absolute Gasteiger partial charge is 0.494 e. The van der Waals surface area contributed by atoms with Gasteiger partial charge in [0.25, 0.3) is 0 Å². The minimum absolute atomic E-state index is 0.0879. The summed E-state index contributed by atoms with van der Waals surface area (Å²) < 4.78 is 47.5. The van der Waals surface area contributed by atoms with Crippen LogP contribution in [0.1, 0.15) is 32.6 Å². The maximum absolute atomic E-state index is 13.4. The molecule has 1 fully saturated rings. The summed E-state index contributed by atoms with van der Waals surface area (Å²) in [6.07, 6.45) is 5.24. The lowest BCUT2D eigenvalue weighted by molar-refractivity contribution is 0.273. The molecule has 0 saturated carbocycles. The van der Waals surface area contributed by atoms with Crippen molar-refractivity contribution in [2.24, 2.45) is 0 Å². The standard InChI is InChI=1S/C19H24BrFN2O3S/c1-4-5-6-15-11-17-19(27(24,25)22(15)2)18(26-3)16(20)12-23(17)14-9-7-13(21)8-10-14/h7-10,12,15,17H,4-6,11H2,1-3H3. The van der Waals surface area contributed by atoms with Crippen LogP contribution in [0.25, 0.3) is 0 Å². The fourth-order valence-corrected chi connectivity index (χ4v) is 6.34. The third-order valence-corrected chi connectivity index (χ3v) is 7.85. The molecule has 0 radical (unpaired) electrons. The molecule has 0 N–H and O–H groups in total. The number of fused-ring (bicyclic) bond motifs is 1. The summed E-state index contributed by atoms with van der Waals surface area (Å²) in [7, 11) is -0.571. The number of unbranched alkanes of at least 4 members (excludes halogenated alkanes) is 1. The molecule has 2 aliphatic heterocycles. The summed E-state index contributed by atoms with van der Waals surface area (Å²) in [5, 5.41) is 0. The van der Waals surface area contributed by atoms with E-state index in [2.05, 4.69) is 22.9 Å². The van der Waals surface area contributed by atoms with Crippen LogP contribution in [-0.2, 0) is 14.8 Å². The number of hydrogen-bond acceptors (Lipinski definition) is 4. The molecule has 2 unspecified atom stereocenters. The number of anilines is 1. The number of halogens is 2. The second kappa shape index (κ2) is 7.93. The Morgan fingerprint density at radius 1 is 1.30 bits per heavy atom. The molecule has 8 heteroatoms. The van der Waals surface area contributed by atoms with Crippen molar-refractivity contribution in [3.05, 3.63) is 51.4 Å². The van der Waals surface area contributed by atoms with Crippen LogP contribution in [0.4, 0.5) is 10.1 Å². The fourth-order valence-electron chi connectivity index (χ4n) is 3.74. The molecule has 1 aromatic rings. The predicted molar refractivity (Wildman–Crippen MR) is 108 cm³/mol. The zero-order valence-corrected chi connectivity index (χ0v) is 18.1. The van der Waals surface area contributed by atoms with Crippen LogP contribution in [0.5, 0.6) is 0 Å². The summed E-state index contributed by atoms with van der Waals surface area (Å²) in [5.74, 6) is 0.00289. The number of rotatable bonds is 5. The van der Waals surface area contributed by atoms with Crippen LogP contribution in [0, 0.1) is 5.82 Å². The van der Waals surface area contributed by atoms with Crippen LogP contribution in [-0.4, -0.2) is 39.0 Å². The molecule has 1 aromatic carbocycles. The third kappa shape index (κ3) is 3.67. The second-order valence-corrected chi connectivity index (χ2v) is 9.65. The first-order valence-electron chi connectivity index (χ1n) is 8.99. The van der Waals surface area contributed by atoms with E-state index in [1.54, 1.807) is 19.2 Å². The predicted octanol–water partition coefficient (Wildman–Crippen LogP) is 4.33. The highest BCUT2D eigenvalue weighted by molar-refractivity contribution is 9.12. The molecular formula is C19H24BrFN2O3S. The molecule has 27 heavy (non-hydrogen) atoms. The van der Waals surface area contributed by atoms with Crippen molar-refractivity contribution >= 4 is 31.6 Å². The molecule has 0 spiro atoms. The van der Waals surface area contributed by atoms with E-state index in [-0.39, 0.29) is 16.8 Å². The molecule has 0 bridgehead atoms. The number of benzene rings is 1. The Kier molecular flexibility index (Phi) is 5.98. The summed E-state index contributed by atoms with van der Waals surface area (Å²) >= 11 is 3.44. The van der Waals surface area contributed by atoms with Crippen LogP contribution in [0.2, 0.25) is 0 Å². The molecule has 0 amide bonds. The lowest BCUT2D eigenvalue weighted by Gasteiger charge is -2.45. The first kappa shape index (κ1) is 20.4. The van der Waals surface area contributed by atoms with Crippen LogP contribution < -0.4 is 4.90 Å². The first-order valence-corrected chi connectivity index (χ1v) is 11.2. The van der Waals surface area contributed by atoms with Crippen LogP contribution >= 0.6 is 15.9 Å². The van der Waals surface area contributed by atoms with Gasteiger partial charge in [0.05, 0.1) is 17.6 Å². The van der Waals surface area contributed by atoms with E-state index in [0.717, 1.165) is 24.9 Å². The number of allylic oxidation sites excluding steroid dienone is 1. The zero-order valence-electron chi connectivity index (χ0n) is 15.7. The average molecular weight is 459 g/mol. The van der Waals surface area contributed by atoms with Crippen molar-refractivity contribution in [2.45, 2.75) is 44.7 Å².